The average molecular weight is 721 g/mol. The van der Waals surface area contributed by atoms with E-state index in [-0.39, 0.29) is 37.9 Å². The van der Waals surface area contributed by atoms with Gasteiger partial charge in [-0.15, -0.1) is 0 Å². The highest BCUT2D eigenvalue weighted by Gasteiger charge is 2.75. The van der Waals surface area contributed by atoms with E-state index in [9.17, 15) is 19.5 Å². The number of rotatable bonds is 5. The van der Waals surface area contributed by atoms with Gasteiger partial charge in [-0.25, -0.2) is 0 Å². The van der Waals surface area contributed by atoms with Crippen molar-refractivity contribution in [2.45, 2.75) is 70.4 Å². The minimum Gasteiger partial charge on any atom is -0.455 e. The van der Waals surface area contributed by atoms with Crippen LogP contribution in [0.1, 0.15) is 49.5 Å². The molecule has 2 fully saturated rings. The van der Waals surface area contributed by atoms with E-state index < -0.39 is 59.5 Å². The summed E-state index contributed by atoms with van der Waals surface area (Å²) in [7, 11) is 0. The molecule has 48 heavy (non-hydrogen) atoms. The van der Waals surface area contributed by atoms with Crippen molar-refractivity contribution >= 4 is 45.3 Å². The summed E-state index contributed by atoms with van der Waals surface area (Å²) in [5.41, 5.74) is 1.69. The van der Waals surface area contributed by atoms with Crippen LogP contribution in [0.4, 0.5) is 5.69 Å². The van der Waals surface area contributed by atoms with Gasteiger partial charge in [0.15, 0.2) is 0 Å². The van der Waals surface area contributed by atoms with Crippen molar-refractivity contribution < 1.29 is 33.8 Å². The Labute approximate surface area is 289 Å². The van der Waals surface area contributed by atoms with Gasteiger partial charge in [-0.2, -0.15) is 0 Å². The minimum absolute atomic E-state index is 0.0465. The number of halogens is 1. The second-order valence-electron chi connectivity index (χ2n) is 13.5. The molecule has 10 nitrogen and oxygen atoms in total. The van der Waals surface area contributed by atoms with Gasteiger partial charge in [0.2, 0.25) is 11.8 Å². The van der Waals surface area contributed by atoms with E-state index in [0.717, 1.165) is 11.1 Å². The van der Waals surface area contributed by atoms with Crippen molar-refractivity contribution in [3.05, 3.63) is 87.9 Å². The third kappa shape index (κ3) is 5.90. The van der Waals surface area contributed by atoms with Crippen LogP contribution in [0.25, 0.3) is 0 Å². The first-order valence-corrected chi connectivity index (χ1v) is 17.3. The number of carbonyl (C=O) groups excluding carboxylic acids is 4. The summed E-state index contributed by atoms with van der Waals surface area (Å²) in [6.07, 6.45) is 4.45. The zero-order valence-corrected chi connectivity index (χ0v) is 29.2. The van der Waals surface area contributed by atoms with Crippen LogP contribution in [0.3, 0.4) is 0 Å². The third-order valence-electron chi connectivity index (χ3n) is 10.0. The standard InChI is InChI=1S/C37H42BrN3O7/c1-21(2)27(20-42)41-33-35(45)40(26-17-22(3)14-15-23(26)4)16-10-6-9-13-29(43)39-19-28(24-11-7-5-8-12-24)47-36(46)30-31(34(41)44)37(33)18-25(38)32(30)48-37/h5-8,10-12,14-15,17-18,21,27-28,30-33,42H,9,13,16,19-20H2,1-4H3,(H,39,43)/b10-6-/t27-,28+,30+,31-,32+,33+,37-/m0/s1. The normalized spacial score (nSPS) is 30.6. The fourth-order valence-corrected chi connectivity index (χ4v) is 8.31. The van der Waals surface area contributed by atoms with E-state index in [1.807, 2.05) is 88.4 Å². The second kappa shape index (κ2) is 13.6. The summed E-state index contributed by atoms with van der Waals surface area (Å²) in [5.74, 6) is -4.06. The molecule has 2 saturated heterocycles. The van der Waals surface area contributed by atoms with E-state index >= 15 is 4.79 Å². The lowest BCUT2D eigenvalue weighted by molar-refractivity contribution is -0.160. The summed E-state index contributed by atoms with van der Waals surface area (Å²) >= 11 is 3.61. The maximum Gasteiger partial charge on any atom is 0.313 e. The molecule has 0 unspecified atom stereocenters. The highest BCUT2D eigenvalue weighted by atomic mass is 79.9. The lowest BCUT2D eigenvalue weighted by Gasteiger charge is -2.40. The maximum absolute atomic E-state index is 15.2. The molecular weight excluding hydrogens is 678 g/mol. The van der Waals surface area contributed by atoms with Gasteiger partial charge in [0, 0.05) is 23.1 Å². The van der Waals surface area contributed by atoms with E-state index in [0.29, 0.717) is 22.2 Å². The van der Waals surface area contributed by atoms with Crippen molar-refractivity contribution in [3.63, 3.8) is 0 Å². The molecule has 2 aromatic rings. The molecule has 3 amide bonds. The zero-order chi connectivity index (χ0) is 34.3. The van der Waals surface area contributed by atoms with Crippen molar-refractivity contribution in [1.82, 2.24) is 10.2 Å². The molecule has 4 aliphatic heterocycles. The number of likely N-dealkylation sites (tertiary alicyclic amines) is 1. The summed E-state index contributed by atoms with van der Waals surface area (Å²) in [6, 6.07) is 13.1. The minimum atomic E-state index is -1.49. The summed E-state index contributed by atoms with van der Waals surface area (Å²) in [5, 5.41) is 13.6. The number of nitrogens with zero attached hydrogens (tertiary/aromatic N) is 2. The van der Waals surface area contributed by atoms with Gasteiger partial charge in [-0.3, -0.25) is 19.2 Å². The first kappa shape index (κ1) is 34.1. The number of allylic oxidation sites excluding steroid dienone is 1. The Balaban J connectivity index is 1.51. The lowest BCUT2D eigenvalue weighted by atomic mass is 9.74. The molecule has 4 heterocycles. The Morgan fingerprint density at radius 1 is 1.04 bits per heavy atom. The highest BCUT2D eigenvalue weighted by molar-refractivity contribution is 9.11. The van der Waals surface area contributed by atoms with Crippen molar-refractivity contribution in [2.24, 2.45) is 17.8 Å². The van der Waals surface area contributed by atoms with Crippen LogP contribution < -0.4 is 10.2 Å². The van der Waals surface area contributed by atoms with Crippen LogP contribution in [-0.2, 0) is 28.7 Å². The number of benzene rings is 2. The fourth-order valence-electron chi connectivity index (χ4n) is 7.57. The molecule has 0 aliphatic carbocycles. The van der Waals surface area contributed by atoms with Crippen LogP contribution in [-0.4, -0.2) is 77.2 Å². The van der Waals surface area contributed by atoms with Crippen LogP contribution in [0.2, 0.25) is 0 Å². The molecule has 1 spiro atoms. The molecule has 2 N–H and O–H groups in total. The van der Waals surface area contributed by atoms with Gasteiger partial charge in [-0.05, 0) is 55.0 Å². The molecule has 0 aromatic heterocycles. The number of hydrogen-bond donors (Lipinski definition) is 2. The largest absolute Gasteiger partial charge is 0.455 e. The summed E-state index contributed by atoms with van der Waals surface area (Å²) in [6.45, 7) is 7.49. The predicted molar refractivity (Wildman–Crippen MR) is 183 cm³/mol. The van der Waals surface area contributed by atoms with Gasteiger partial charge >= 0.3 is 5.97 Å². The molecule has 0 saturated carbocycles. The van der Waals surface area contributed by atoms with E-state index in [2.05, 4.69) is 21.2 Å². The Morgan fingerprint density at radius 2 is 1.79 bits per heavy atom. The van der Waals surface area contributed by atoms with E-state index in [1.165, 1.54) is 4.90 Å². The molecule has 6 rings (SSSR count). The van der Waals surface area contributed by atoms with Gasteiger partial charge in [0.25, 0.3) is 5.91 Å². The Kier molecular flexibility index (Phi) is 9.66. The average Bonchev–Trinajstić information content (AvgIpc) is 3.65. The third-order valence-corrected chi connectivity index (χ3v) is 10.7. The van der Waals surface area contributed by atoms with E-state index in [1.54, 1.807) is 11.0 Å². The van der Waals surface area contributed by atoms with Crippen molar-refractivity contribution in [2.75, 3.05) is 24.6 Å². The molecule has 4 aliphatic rings. The first-order valence-electron chi connectivity index (χ1n) is 16.5. The zero-order valence-electron chi connectivity index (χ0n) is 27.6. The Morgan fingerprint density at radius 3 is 2.50 bits per heavy atom. The highest BCUT2D eigenvalue weighted by Crippen LogP contribution is 2.59. The number of anilines is 1. The molecule has 2 aromatic carbocycles. The fraction of sp³-hybridized carbons (Fsp3) is 0.459. The molecule has 11 heteroatoms. The number of hydrogen-bond acceptors (Lipinski definition) is 7. The number of aryl methyl sites for hydroxylation is 2. The molecule has 5 bridgehead atoms. The number of fused-ring (bicyclic) bond motifs is 2. The van der Waals surface area contributed by atoms with E-state index in [4.69, 9.17) is 9.47 Å². The second-order valence-corrected chi connectivity index (χ2v) is 14.4. The quantitative estimate of drug-likeness (QED) is 0.349. The summed E-state index contributed by atoms with van der Waals surface area (Å²) < 4.78 is 13.4. The number of nitrogens with one attached hydrogen (secondary N) is 1. The van der Waals surface area contributed by atoms with Gasteiger partial charge < -0.3 is 29.7 Å². The number of aliphatic hydroxyl groups is 1. The van der Waals surface area contributed by atoms with Gasteiger partial charge in [0.05, 0.1) is 25.1 Å². The molecule has 7 atom stereocenters. The maximum atomic E-state index is 15.2. The topological polar surface area (TPSA) is 125 Å². The number of cyclic esters (lactones) is 1. The van der Waals surface area contributed by atoms with Crippen molar-refractivity contribution in [1.29, 1.82) is 0 Å². The Bertz CT molecular complexity index is 1660. The van der Waals surface area contributed by atoms with Gasteiger partial charge in [-0.1, -0.05) is 84.4 Å². The number of ether oxygens (including phenoxy) is 2. The SMILES string of the molecule is Cc1ccc(C)c(N2C/C=C\CCC(=O)NC[C@H](c3ccccc3)OC(=O)[C@H]3[C@@H]4O[C@@]5(C=C4Br)[C@@H]3C(=O)N([C@@H](CO)C(C)C)[C@@H]5C2=O)c1. The Hall–Kier alpha value is -3.80. The van der Waals surface area contributed by atoms with Crippen LogP contribution in [0.5, 0.6) is 0 Å². The lowest BCUT2D eigenvalue weighted by Crippen LogP contribution is -2.59. The number of aliphatic hydroxyl groups excluding tert-OH is 1. The molecule has 254 valence electrons. The van der Waals surface area contributed by atoms with Crippen LogP contribution >= 0.6 is 15.9 Å². The predicted octanol–water partition coefficient (Wildman–Crippen LogP) is 4.28. The molecule has 0 radical (unpaired) electrons. The first-order chi connectivity index (χ1) is 23.0. The van der Waals surface area contributed by atoms with Crippen LogP contribution in [0, 0.1) is 31.6 Å². The van der Waals surface area contributed by atoms with Gasteiger partial charge in [0.1, 0.15) is 29.8 Å². The smallest absolute Gasteiger partial charge is 0.313 e. The molecular formula is C37H42BrN3O7. The number of esters is 1. The van der Waals surface area contributed by atoms with Crippen LogP contribution in [0.15, 0.2) is 71.2 Å². The van der Waals surface area contributed by atoms with Crippen molar-refractivity contribution in [3.8, 4) is 0 Å². The number of carbonyl (C=O) groups is 4. The number of amides is 3. The summed E-state index contributed by atoms with van der Waals surface area (Å²) in [4.78, 5) is 60.2. The monoisotopic (exact) mass is 719 g/mol.